The van der Waals surface area contributed by atoms with Crippen molar-refractivity contribution in [2.75, 3.05) is 27.2 Å². The fourth-order valence-electron chi connectivity index (χ4n) is 2.30. The van der Waals surface area contributed by atoms with E-state index >= 15 is 0 Å². The van der Waals surface area contributed by atoms with Gasteiger partial charge in [0.2, 0.25) is 0 Å². The standard InChI is InChI=1S/C11H21N3/c1-13-7-3-4-10(8-13)14(2)11(12)9-5-6-9/h9-10,12H,3-8H2,1-2H3. The van der Waals surface area contributed by atoms with Crippen LogP contribution in [0.4, 0.5) is 0 Å². The molecule has 1 atom stereocenters. The summed E-state index contributed by atoms with van der Waals surface area (Å²) in [5.41, 5.74) is 0. The molecule has 1 saturated heterocycles. The highest BCUT2D eigenvalue weighted by Gasteiger charge is 2.32. The molecular formula is C11H21N3. The number of piperidine rings is 1. The normalized spacial score (nSPS) is 28.9. The Morgan fingerprint density at radius 2 is 2.07 bits per heavy atom. The number of rotatable bonds is 2. The fraction of sp³-hybridized carbons (Fsp3) is 0.909. The molecule has 3 heteroatoms. The predicted octanol–water partition coefficient (Wildman–Crippen LogP) is 1.40. The van der Waals surface area contributed by atoms with Crippen molar-refractivity contribution in [3.05, 3.63) is 0 Å². The molecule has 1 aliphatic heterocycles. The zero-order valence-electron chi connectivity index (χ0n) is 9.29. The van der Waals surface area contributed by atoms with Gasteiger partial charge in [0.15, 0.2) is 0 Å². The highest BCUT2D eigenvalue weighted by atomic mass is 15.2. The molecule has 80 valence electrons. The maximum absolute atomic E-state index is 8.02. The second-order valence-electron chi connectivity index (χ2n) is 4.83. The first-order chi connectivity index (χ1) is 6.68. The van der Waals surface area contributed by atoms with Crippen LogP contribution in [0.5, 0.6) is 0 Å². The average molecular weight is 195 g/mol. The smallest absolute Gasteiger partial charge is 0.0989 e. The van der Waals surface area contributed by atoms with Crippen LogP contribution in [0.15, 0.2) is 0 Å². The summed E-state index contributed by atoms with van der Waals surface area (Å²) < 4.78 is 0. The van der Waals surface area contributed by atoms with Gasteiger partial charge in [-0.1, -0.05) is 0 Å². The molecule has 0 amide bonds. The third-order valence-corrected chi connectivity index (χ3v) is 3.49. The molecule has 14 heavy (non-hydrogen) atoms. The zero-order chi connectivity index (χ0) is 10.1. The van der Waals surface area contributed by atoms with Gasteiger partial charge in [0.25, 0.3) is 0 Å². The Balaban J connectivity index is 1.89. The maximum atomic E-state index is 8.02. The van der Waals surface area contributed by atoms with Gasteiger partial charge in [-0.25, -0.2) is 0 Å². The minimum absolute atomic E-state index is 0.585. The highest BCUT2D eigenvalue weighted by molar-refractivity contribution is 5.83. The SMILES string of the molecule is CN1CCCC(N(C)C(=N)C2CC2)C1. The van der Waals surface area contributed by atoms with E-state index in [1.807, 2.05) is 0 Å². The lowest BCUT2D eigenvalue weighted by Gasteiger charge is -2.37. The van der Waals surface area contributed by atoms with Crippen LogP contribution in [0, 0.1) is 11.3 Å². The van der Waals surface area contributed by atoms with E-state index in [2.05, 4.69) is 23.9 Å². The Labute approximate surface area is 86.6 Å². The molecule has 1 saturated carbocycles. The van der Waals surface area contributed by atoms with Crippen molar-refractivity contribution in [2.24, 2.45) is 5.92 Å². The summed E-state index contributed by atoms with van der Waals surface area (Å²) in [7, 11) is 4.28. The summed E-state index contributed by atoms with van der Waals surface area (Å²) in [6.45, 7) is 2.35. The first-order valence-corrected chi connectivity index (χ1v) is 5.68. The molecule has 1 aliphatic carbocycles. The van der Waals surface area contributed by atoms with E-state index in [0.29, 0.717) is 12.0 Å². The van der Waals surface area contributed by atoms with Crippen molar-refractivity contribution < 1.29 is 0 Å². The van der Waals surface area contributed by atoms with Gasteiger partial charge < -0.3 is 9.80 Å². The summed E-state index contributed by atoms with van der Waals surface area (Å²) in [5, 5.41) is 8.02. The van der Waals surface area contributed by atoms with Gasteiger partial charge >= 0.3 is 0 Å². The predicted molar refractivity (Wildman–Crippen MR) is 58.7 cm³/mol. The molecule has 1 heterocycles. The fourth-order valence-corrected chi connectivity index (χ4v) is 2.30. The van der Waals surface area contributed by atoms with E-state index in [1.165, 1.54) is 32.2 Å². The summed E-state index contributed by atoms with van der Waals surface area (Å²) in [5.74, 6) is 1.47. The van der Waals surface area contributed by atoms with Gasteiger partial charge in [-0.15, -0.1) is 0 Å². The summed E-state index contributed by atoms with van der Waals surface area (Å²) in [6, 6.07) is 0.585. The molecular weight excluding hydrogens is 174 g/mol. The van der Waals surface area contributed by atoms with Crippen LogP contribution in [-0.4, -0.2) is 48.9 Å². The van der Waals surface area contributed by atoms with Crippen LogP contribution >= 0.6 is 0 Å². The van der Waals surface area contributed by atoms with Crippen molar-refractivity contribution in [1.29, 1.82) is 5.41 Å². The van der Waals surface area contributed by atoms with Gasteiger partial charge in [-0.2, -0.15) is 0 Å². The van der Waals surface area contributed by atoms with Crippen molar-refractivity contribution in [2.45, 2.75) is 31.7 Å². The van der Waals surface area contributed by atoms with Crippen molar-refractivity contribution in [3.8, 4) is 0 Å². The molecule has 1 unspecified atom stereocenters. The second-order valence-corrected chi connectivity index (χ2v) is 4.83. The molecule has 2 fully saturated rings. The van der Waals surface area contributed by atoms with Gasteiger partial charge in [-0.3, -0.25) is 5.41 Å². The Morgan fingerprint density at radius 1 is 1.36 bits per heavy atom. The number of hydrogen-bond acceptors (Lipinski definition) is 2. The average Bonchev–Trinajstić information content (AvgIpc) is 2.99. The lowest BCUT2D eigenvalue weighted by Crippen LogP contribution is -2.47. The van der Waals surface area contributed by atoms with E-state index in [0.717, 1.165) is 12.4 Å². The summed E-state index contributed by atoms with van der Waals surface area (Å²) in [6.07, 6.45) is 5.02. The Kier molecular flexibility index (Phi) is 2.77. The van der Waals surface area contributed by atoms with Gasteiger partial charge in [-0.05, 0) is 39.3 Å². The molecule has 0 aromatic heterocycles. The number of likely N-dealkylation sites (tertiary alicyclic amines) is 1. The van der Waals surface area contributed by atoms with Crippen LogP contribution in [0.2, 0.25) is 0 Å². The minimum Gasteiger partial charge on any atom is -0.359 e. The highest BCUT2D eigenvalue weighted by Crippen LogP contribution is 2.32. The second kappa shape index (κ2) is 3.89. The zero-order valence-corrected chi connectivity index (χ0v) is 9.29. The number of hydrogen-bond donors (Lipinski definition) is 1. The Bertz CT molecular complexity index is 223. The van der Waals surface area contributed by atoms with E-state index < -0.39 is 0 Å². The third-order valence-electron chi connectivity index (χ3n) is 3.49. The topological polar surface area (TPSA) is 30.3 Å². The molecule has 0 aromatic rings. The number of likely N-dealkylation sites (N-methyl/N-ethyl adjacent to an activating group) is 2. The van der Waals surface area contributed by atoms with E-state index in [-0.39, 0.29) is 0 Å². The Hall–Kier alpha value is -0.570. The molecule has 0 radical (unpaired) electrons. The Morgan fingerprint density at radius 3 is 2.64 bits per heavy atom. The van der Waals surface area contributed by atoms with Crippen LogP contribution in [0.1, 0.15) is 25.7 Å². The molecule has 3 nitrogen and oxygen atoms in total. The quantitative estimate of drug-likeness (QED) is 0.533. The lowest BCUT2D eigenvalue weighted by molar-refractivity contribution is 0.179. The van der Waals surface area contributed by atoms with Gasteiger partial charge in [0.1, 0.15) is 0 Å². The molecule has 1 N–H and O–H groups in total. The first kappa shape index (κ1) is 9.97. The summed E-state index contributed by atoms with van der Waals surface area (Å²) >= 11 is 0. The van der Waals surface area contributed by atoms with Gasteiger partial charge in [0.05, 0.1) is 5.84 Å². The first-order valence-electron chi connectivity index (χ1n) is 5.68. The van der Waals surface area contributed by atoms with E-state index in [4.69, 9.17) is 5.41 Å². The third kappa shape index (κ3) is 2.08. The van der Waals surface area contributed by atoms with Crippen molar-refractivity contribution >= 4 is 5.84 Å². The van der Waals surface area contributed by atoms with Crippen LogP contribution in [0.25, 0.3) is 0 Å². The van der Waals surface area contributed by atoms with Crippen LogP contribution in [0.3, 0.4) is 0 Å². The van der Waals surface area contributed by atoms with Gasteiger partial charge in [0, 0.05) is 25.6 Å². The van der Waals surface area contributed by atoms with Crippen LogP contribution < -0.4 is 0 Å². The van der Waals surface area contributed by atoms with Crippen molar-refractivity contribution in [1.82, 2.24) is 9.80 Å². The molecule has 0 bridgehead atoms. The molecule has 2 rings (SSSR count). The summed E-state index contributed by atoms with van der Waals surface area (Å²) in [4.78, 5) is 4.60. The molecule has 0 aromatic carbocycles. The monoisotopic (exact) mass is 195 g/mol. The van der Waals surface area contributed by atoms with Crippen LogP contribution in [-0.2, 0) is 0 Å². The van der Waals surface area contributed by atoms with Crippen molar-refractivity contribution in [3.63, 3.8) is 0 Å². The minimum atomic E-state index is 0.585. The molecule has 2 aliphatic rings. The number of nitrogens with zero attached hydrogens (tertiary/aromatic N) is 2. The van der Waals surface area contributed by atoms with E-state index in [1.54, 1.807) is 0 Å². The van der Waals surface area contributed by atoms with E-state index in [9.17, 15) is 0 Å². The maximum Gasteiger partial charge on any atom is 0.0989 e. The largest absolute Gasteiger partial charge is 0.359 e. The lowest BCUT2D eigenvalue weighted by atomic mass is 10.0. The molecule has 0 spiro atoms. The number of nitrogens with one attached hydrogen (secondary N) is 1. The number of amidine groups is 1.